The van der Waals surface area contributed by atoms with Gasteiger partial charge in [-0.15, -0.1) is 0 Å². The zero-order valence-corrected chi connectivity index (χ0v) is 12.0. The quantitative estimate of drug-likeness (QED) is 0.679. The van der Waals surface area contributed by atoms with E-state index in [4.69, 9.17) is 4.74 Å². The molecule has 1 saturated heterocycles. The van der Waals surface area contributed by atoms with Gasteiger partial charge in [-0.25, -0.2) is 0 Å². The predicted octanol–water partition coefficient (Wildman–Crippen LogP) is 1.94. The molecular weight excluding hydrogens is 276 g/mol. The summed E-state index contributed by atoms with van der Waals surface area (Å²) in [4.78, 5) is 24.2. The van der Waals surface area contributed by atoms with E-state index in [0.717, 1.165) is 18.6 Å². The Hall–Kier alpha value is -2.15. The highest BCUT2D eigenvalue weighted by molar-refractivity contribution is 5.95. The summed E-state index contributed by atoms with van der Waals surface area (Å²) < 4.78 is 5.54. The molecule has 1 aromatic carbocycles. The maximum Gasteiger partial charge on any atom is 0.310 e. The fraction of sp³-hybridized carbons (Fsp3) is 0.500. The highest BCUT2D eigenvalue weighted by Gasteiger charge is 2.30. The molecule has 0 radical (unpaired) electrons. The zero-order chi connectivity index (χ0) is 15.6. The van der Waals surface area contributed by atoms with Crippen molar-refractivity contribution >= 4 is 11.6 Å². The monoisotopic (exact) mass is 294 g/mol. The van der Waals surface area contributed by atoms with Crippen LogP contribution < -0.4 is 0 Å². The number of amides is 1. The number of phenols is 1. The van der Waals surface area contributed by atoms with Crippen LogP contribution in [0, 0.1) is 10.1 Å². The minimum absolute atomic E-state index is 0.0222. The summed E-state index contributed by atoms with van der Waals surface area (Å²) in [5.41, 5.74) is -0.167. The van der Waals surface area contributed by atoms with Crippen LogP contribution in [-0.4, -0.2) is 46.1 Å². The third-order valence-corrected chi connectivity index (χ3v) is 3.62. The first kappa shape index (κ1) is 15.2. The maximum absolute atomic E-state index is 12.5. The van der Waals surface area contributed by atoms with Crippen LogP contribution in [0.25, 0.3) is 0 Å². The smallest absolute Gasteiger partial charge is 0.310 e. The van der Waals surface area contributed by atoms with Crippen molar-refractivity contribution in [3.8, 4) is 5.75 Å². The fourth-order valence-corrected chi connectivity index (χ4v) is 2.41. The highest BCUT2D eigenvalue weighted by Crippen LogP contribution is 2.27. The predicted molar refractivity (Wildman–Crippen MR) is 75.3 cm³/mol. The second kappa shape index (κ2) is 6.09. The Bertz CT molecular complexity index is 560. The summed E-state index contributed by atoms with van der Waals surface area (Å²) in [5.74, 6) is -0.748. The van der Waals surface area contributed by atoms with E-state index >= 15 is 0 Å². The molecule has 0 spiro atoms. The van der Waals surface area contributed by atoms with Gasteiger partial charge in [0.25, 0.3) is 5.91 Å². The average molecular weight is 294 g/mol. The van der Waals surface area contributed by atoms with Gasteiger partial charge in [0.1, 0.15) is 0 Å². The lowest BCUT2D eigenvalue weighted by molar-refractivity contribution is -0.385. The third-order valence-electron chi connectivity index (χ3n) is 3.62. The first-order valence-corrected chi connectivity index (χ1v) is 6.84. The molecule has 0 bridgehead atoms. The highest BCUT2D eigenvalue weighted by atomic mass is 16.6. The molecule has 1 aliphatic rings. The first-order valence-electron chi connectivity index (χ1n) is 6.84. The summed E-state index contributed by atoms with van der Waals surface area (Å²) >= 11 is 0. The minimum Gasteiger partial charge on any atom is -0.502 e. The van der Waals surface area contributed by atoms with Crippen LogP contribution in [0.1, 0.15) is 30.6 Å². The van der Waals surface area contributed by atoms with Crippen molar-refractivity contribution in [2.24, 2.45) is 0 Å². The van der Waals surface area contributed by atoms with Crippen LogP contribution in [0.5, 0.6) is 5.75 Å². The number of morpholine rings is 1. The summed E-state index contributed by atoms with van der Waals surface area (Å²) in [7, 11) is 0. The van der Waals surface area contributed by atoms with E-state index in [0.29, 0.717) is 13.2 Å². The number of ether oxygens (including phenoxy) is 1. The van der Waals surface area contributed by atoms with Gasteiger partial charge in [-0.1, -0.05) is 6.92 Å². The molecule has 0 aromatic heterocycles. The lowest BCUT2D eigenvalue weighted by Crippen LogP contribution is -2.51. The molecule has 1 heterocycles. The van der Waals surface area contributed by atoms with Gasteiger partial charge in [0.05, 0.1) is 23.7 Å². The summed E-state index contributed by atoms with van der Waals surface area (Å²) in [6.07, 6.45) is 0.709. The molecule has 2 unspecified atom stereocenters. The number of aromatic hydroxyl groups is 1. The SMILES string of the molecule is CCC1COC(C)CN1C(=O)c1ccc([N+](=O)[O-])c(O)c1. The number of phenolic OH excluding ortho intramolecular Hbond substituents is 1. The Morgan fingerprint density at radius 1 is 1.57 bits per heavy atom. The molecule has 1 N–H and O–H groups in total. The lowest BCUT2D eigenvalue weighted by atomic mass is 10.1. The summed E-state index contributed by atoms with van der Waals surface area (Å²) in [6.45, 7) is 4.80. The Morgan fingerprint density at radius 3 is 2.86 bits per heavy atom. The van der Waals surface area contributed by atoms with Gasteiger partial charge in [0.15, 0.2) is 5.75 Å². The van der Waals surface area contributed by atoms with Crippen molar-refractivity contribution in [3.05, 3.63) is 33.9 Å². The molecule has 1 fully saturated rings. The zero-order valence-electron chi connectivity index (χ0n) is 12.0. The van der Waals surface area contributed by atoms with E-state index in [1.807, 2.05) is 13.8 Å². The van der Waals surface area contributed by atoms with Crippen LogP contribution in [-0.2, 0) is 4.74 Å². The molecule has 0 aliphatic carbocycles. The Morgan fingerprint density at radius 2 is 2.29 bits per heavy atom. The van der Waals surface area contributed by atoms with Gasteiger partial charge in [-0.2, -0.15) is 0 Å². The number of nitro groups is 1. The number of rotatable bonds is 3. The van der Waals surface area contributed by atoms with Crippen molar-refractivity contribution in [1.82, 2.24) is 4.90 Å². The van der Waals surface area contributed by atoms with Crippen LogP contribution in [0.3, 0.4) is 0 Å². The average Bonchev–Trinajstić information content (AvgIpc) is 2.45. The van der Waals surface area contributed by atoms with Gasteiger partial charge in [-0.3, -0.25) is 14.9 Å². The molecule has 21 heavy (non-hydrogen) atoms. The summed E-state index contributed by atoms with van der Waals surface area (Å²) in [5, 5.41) is 20.3. The number of nitro benzene ring substituents is 1. The van der Waals surface area contributed by atoms with Crippen molar-refractivity contribution in [3.63, 3.8) is 0 Å². The Labute approximate surface area is 122 Å². The van der Waals surface area contributed by atoms with Gasteiger partial charge >= 0.3 is 5.69 Å². The molecule has 0 saturated carbocycles. The summed E-state index contributed by atoms with van der Waals surface area (Å²) in [6, 6.07) is 3.64. The molecule has 2 rings (SSSR count). The lowest BCUT2D eigenvalue weighted by Gasteiger charge is -2.38. The number of hydrogen-bond acceptors (Lipinski definition) is 5. The molecule has 114 valence electrons. The van der Waals surface area contributed by atoms with Crippen molar-refractivity contribution in [1.29, 1.82) is 0 Å². The van der Waals surface area contributed by atoms with Crippen molar-refractivity contribution < 1.29 is 19.6 Å². The standard InChI is InChI=1S/C14H18N2O5/c1-3-11-8-21-9(2)7-15(11)14(18)10-4-5-12(16(19)20)13(17)6-10/h4-6,9,11,17H,3,7-8H2,1-2H3. The molecule has 1 amide bonds. The van der Waals surface area contributed by atoms with Crippen molar-refractivity contribution in [2.75, 3.05) is 13.2 Å². The first-order chi connectivity index (χ1) is 9.93. The van der Waals surface area contributed by atoms with Gasteiger partial charge in [0, 0.05) is 18.2 Å². The number of benzene rings is 1. The topological polar surface area (TPSA) is 92.9 Å². The van der Waals surface area contributed by atoms with Gasteiger partial charge in [0.2, 0.25) is 0 Å². The van der Waals surface area contributed by atoms with Crippen molar-refractivity contribution in [2.45, 2.75) is 32.4 Å². The maximum atomic E-state index is 12.5. The van der Waals surface area contributed by atoms with Crippen LogP contribution in [0.2, 0.25) is 0 Å². The van der Waals surface area contributed by atoms with Gasteiger partial charge in [-0.05, 0) is 25.5 Å². The third kappa shape index (κ3) is 3.13. The largest absolute Gasteiger partial charge is 0.502 e. The number of carbonyl (C=O) groups excluding carboxylic acids is 1. The Balaban J connectivity index is 2.26. The molecule has 7 nitrogen and oxygen atoms in total. The van der Waals surface area contributed by atoms with E-state index in [-0.39, 0.29) is 23.6 Å². The van der Waals surface area contributed by atoms with E-state index in [2.05, 4.69) is 0 Å². The normalized spacial score (nSPS) is 22.1. The van der Waals surface area contributed by atoms with Crippen LogP contribution in [0.15, 0.2) is 18.2 Å². The molecule has 1 aliphatic heterocycles. The Kier molecular flexibility index (Phi) is 4.42. The van der Waals surface area contributed by atoms with E-state index in [9.17, 15) is 20.0 Å². The van der Waals surface area contributed by atoms with Gasteiger partial charge < -0.3 is 14.7 Å². The van der Waals surface area contributed by atoms with E-state index < -0.39 is 16.4 Å². The molecule has 7 heteroatoms. The number of nitrogens with zero attached hydrogens (tertiary/aromatic N) is 2. The van der Waals surface area contributed by atoms with E-state index in [1.54, 1.807) is 4.90 Å². The number of carbonyl (C=O) groups is 1. The molecule has 1 aromatic rings. The van der Waals surface area contributed by atoms with Crippen LogP contribution in [0.4, 0.5) is 5.69 Å². The molecular formula is C14H18N2O5. The minimum atomic E-state index is -0.685. The molecule has 2 atom stereocenters. The fourth-order valence-electron chi connectivity index (χ4n) is 2.41. The second-order valence-corrected chi connectivity index (χ2v) is 5.12. The second-order valence-electron chi connectivity index (χ2n) is 5.12. The number of hydrogen-bond donors (Lipinski definition) is 1. The van der Waals surface area contributed by atoms with Crippen LogP contribution >= 0.6 is 0 Å². The van der Waals surface area contributed by atoms with E-state index in [1.165, 1.54) is 6.07 Å².